The third kappa shape index (κ3) is 3.27. The molecular weight excluding hydrogens is 258 g/mol. The van der Waals surface area contributed by atoms with Gasteiger partial charge in [-0.25, -0.2) is 5.48 Å². The lowest BCUT2D eigenvalue weighted by molar-refractivity contribution is 0.0231. The summed E-state index contributed by atoms with van der Waals surface area (Å²) in [7, 11) is 1.42. The van der Waals surface area contributed by atoms with E-state index in [0.717, 1.165) is 5.56 Å². The number of benzene rings is 2. The van der Waals surface area contributed by atoms with E-state index in [-0.39, 0.29) is 23.7 Å². The van der Waals surface area contributed by atoms with Crippen LogP contribution in [0.1, 0.15) is 15.9 Å². The van der Waals surface area contributed by atoms with Crippen LogP contribution in [0.4, 0.5) is 0 Å². The molecule has 0 aromatic heterocycles. The first-order chi connectivity index (χ1) is 9.72. The molecule has 0 aliphatic heterocycles. The van der Waals surface area contributed by atoms with E-state index in [4.69, 9.17) is 9.57 Å². The highest BCUT2D eigenvalue weighted by Gasteiger charge is 2.14. The summed E-state index contributed by atoms with van der Waals surface area (Å²) in [5.74, 6) is -0.506. The zero-order valence-electron chi connectivity index (χ0n) is 11.0. The molecule has 0 aliphatic carbocycles. The number of phenolic OH excluding ortho intramolecular Hbond substituents is 1. The number of ether oxygens (including phenoxy) is 1. The molecular formula is C15H15NO4. The predicted octanol–water partition coefficient (Wildman–Crippen LogP) is 2.26. The first kappa shape index (κ1) is 13.9. The number of hydrogen-bond acceptors (Lipinski definition) is 4. The predicted molar refractivity (Wildman–Crippen MR) is 73.4 cm³/mol. The van der Waals surface area contributed by atoms with Crippen molar-refractivity contribution in [2.45, 2.75) is 6.61 Å². The Kier molecular flexibility index (Phi) is 4.57. The Labute approximate surface area is 116 Å². The van der Waals surface area contributed by atoms with Crippen LogP contribution in [0.5, 0.6) is 11.5 Å². The molecule has 0 saturated heterocycles. The fourth-order valence-electron chi connectivity index (χ4n) is 1.68. The molecule has 0 radical (unpaired) electrons. The molecule has 0 spiro atoms. The van der Waals surface area contributed by atoms with Gasteiger partial charge in [0.1, 0.15) is 0 Å². The van der Waals surface area contributed by atoms with Gasteiger partial charge >= 0.3 is 0 Å². The lowest BCUT2D eigenvalue weighted by Crippen LogP contribution is -2.23. The van der Waals surface area contributed by atoms with Crippen LogP contribution in [-0.4, -0.2) is 18.1 Å². The number of aromatic hydroxyl groups is 1. The molecule has 104 valence electrons. The van der Waals surface area contributed by atoms with Crippen LogP contribution in [0.3, 0.4) is 0 Å². The van der Waals surface area contributed by atoms with Gasteiger partial charge in [0.15, 0.2) is 11.5 Å². The molecule has 2 rings (SSSR count). The van der Waals surface area contributed by atoms with Crippen LogP contribution in [-0.2, 0) is 11.4 Å². The highest BCUT2D eigenvalue weighted by Crippen LogP contribution is 2.29. The number of nitrogens with one attached hydrogen (secondary N) is 1. The van der Waals surface area contributed by atoms with E-state index in [0.29, 0.717) is 0 Å². The van der Waals surface area contributed by atoms with Gasteiger partial charge in [0.05, 0.1) is 19.3 Å². The maximum Gasteiger partial charge on any atom is 0.278 e. The van der Waals surface area contributed by atoms with Crippen molar-refractivity contribution in [2.24, 2.45) is 0 Å². The Hall–Kier alpha value is -2.53. The number of para-hydroxylation sites is 1. The normalized spacial score (nSPS) is 10.1. The molecule has 5 nitrogen and oxygen atoms in total. The molecule has 0 saturated carbocycles. The van der Waals surface area contributed by atoms with Gasteiger partial charge in [-0.15, -0.1) is 0 Å². The summed E-state index contributed by atoms with van der Waals surface area (Å²) in [5, 5.41) is 9.83. The standard InChI is InChI=1S/C15H15NO4/c1-19-13-9-5-8-12(14(13)17)15(18)16-20-10-11-6-3-2-4-7-11/h2-9,17H,10H2,1H3,(H,16,18). The number of amides is 1. The average molecular weight is 273 g/mol. The minimum absolute atomic E-state index is 0.0948. The van der Waals surface area contributed by atoms with Gasteiger partial charge in [-0.05, 0) is 17.7 Å². The molecule has 2 aromatic carbocycles. The molecule has 5 heteroatoms. The van der Waals surface area contributed by atoms with Gasteiger partial charge < -0.3 is 9.84 Å². The number of carbonyl (C=O) groups is 1. The Morgan fingerprint density at radius 2 is 1.90 bits per heavy atom. The summed E-state index contributed by atoms with van der Waals surface area (Å²) in [6.07, 6.45) is 0. The van der Waals surface area contributed by atoms with E-state index in [1.54, 1.807) is 12.1 Å². The second-order valence-electron chi connectivity index (χ2n) is 4.06. The maximum atomic E-state index is 11.9. The molecule has 1 amide bonds. The number of hydrogen-bond donors (Lipinski definition) is 2. The molecule has 2 N–H and O–H groups in total. The van der Waals surface area contributed by atoms with Crippen LogP contribution in [0.2, 0.25) is 0 Å². The van der Waals surface area contributed by atoms with Gasteiger partial charge in [0.2, 0.25) is 0 Å². The Bertz CT molecular complexity index is 584. The van der Waals surface area contributed by atoms with E-state index in [1.807, 2.05) is 30.3 Å². The molecule has 2 aromatic rings. The van der Waals surface area contributed by atoms with Gasteiger partial charge in [0.25, 0.3) is 5.91 Å². The van der Waals surface area contributed by atoms with E-state index >= 15 is 0 Å². The highest BCUT2D eigenvalue weighted by molar-refractivity contribution is 5.96. The molecule has 0 fully saturated rings. The molecule has 0 heterocycles. The molecule has 0 atom stereocenters. The first-order valence-corrected chi connectivity index (χ1v) is 6.04. The Balaban J connectivity index is 1.95. The molecule has 0 unspecified atom stereocenters. The zero-order chi connectivity index (χ0) is 14.4. The van der Waals surface area contributed by atoms with Crippen LogP contribution in [0.15, 0.2) is 48.5 Å². The summed E-state index contributed by atoms with van der Waals surface area (Å²) >= 11 is 0. The largest absolute Gasteiger partial charge is 0.504 e. The average Bonchev–Trinajstić information content (AvgIpc) is 2.48. The van der Waals surface area contributed by atoms with Crippen molar-refractivity contribution in [1.29, 1.82) is 0 Å². The van der Waals surface area contributed by atoms with E-state index < -0.39 is 5.91 Å². The number of hydroxylamine groups is 1. The summed E-state index contributed by atoms with van der Waals surface area (Å²) in [4.78, 5) is 17.0. The van der Waals surface area contributed by atoms with E-state index in [1.165, 1.54) is 13.2 Å². The smallest absolute Gasteiger partial charge is 0.278 e. The van der Waals surface area contributed by atoms with Crippen LogP contribution in [0.25, 0.3) is 0 Å². The molecule has 0 bridgehead atoms. The Morgan fingerprint density at radius 3 is 2.60 bits per heavy atom. The molecule has 0 aliphatic rings. The third-order valence-electron chi connectivity index (χ3n) is 2.71. The van der Waals surface area contributed by atoms with Gasteiger partial charge in [-0.1, -0.05) is 36.4 Å². The third-order valence-corrected chi connectivity index (χ3v) is 2.71. The summed E-state index contributed by atoms with van der Waals surface area (Å²) in [5.41, 5.74) is 3.31. The quantitative estimate of drug-likeness (QED) is 0.820. The van der Waals surface area contributed by atoms with E-state index in [9.17, 15) is 9.90 Å². The fourth-order valence-corrected chi connectivity index (χ4v) is 1.68. The fraction of sp³-hybridized carbons (Fsp3) is 0.133. The van der Waals surface area contributed by atoms with Crippen molar-refractivity contribution in [3.05, 3.63) is 59.7 Å². The summed E-state index contributed by atoms with van der Waals surface area (Å²) < 4.78 is 4.94. The van der Waals surface area contributed by atoms with E-state index in [2.05, 4.69) is 5.48 Å². The second-order valence-corrected chi connectivity index (χ2v) is 4.06. The van der Waals surface area contributed by atoms with Crippen molar-refractivity contribution in [2.75, 3.05) is 7.11 Å². The van der Waals surface area contributed by atoms with Gasteiger partial charge in [-0.3, -0.25) is 9.63 Å². The van der Waals surface area contributed by atoms with Gasteiger partial charge in [-0.2, -0.15) is 0 Å². The lowest BCUT2D eigenvalue weighted by Gasteiger charge is -2.09. The van der Waals surface area contributed by atoms with Crippen molar-refractivity contribution in [3.63, 3.8) is 0 Å². The first-order valence-electron chi connectivity index (χ1n) is 6.04. The van der Waals surface area contributed by atoms with Crippen molar-refractivity contribution < 1.29 is 19.5 Å². The second kappa shape index (κ2) is 6.58. The zero-order valence-corrected chi connectivity index (χ0v) is 11.0. The monoisotopic (exact) mass is 273 g/mol. The Morgan fingerprint density at radius 1 is 1.15 bits per heavy atom. The minimum atomic E-state index is -0.530. The topological polar surface area (TPSA) is 67.8 Å². The highest BCUT2D eigenvalue weighted by atomic mass is 16.6. The van der Waals surface area contributed by atoms with Crippen LogP contribution in [0, 0.1) is 0 Å². The molecule has 20 heavy (non-hydrogen) atoms. The minimum Gasteiger partial charge on any atom is -0.504 e. The SMILES string of the molecule is COc1cccc(C(=O)NOCc2ccccc2)c1O. The van der Waals surface area contributed by atoms with Crippen LogP contribution >= 0.6 is 0 Å². The summed E-state index contributed by atoms with van der Waals surface area (Å²) in [6, 6.07) is 14.1. The number of methoxy groups -OCH3 is 1. The van der Waals surface area contributed by atoms with Gasteiger partial charge in [0, 0.05) is 0 Å². The van der Waals surface area contributed by atoms with Crippen molar-refractivity contribution in [1.82, 2.24) is 5.48 Å². The lowest BCUT2D eigenvalue weighted by atomic mass is 10.2. The number of carbonyl (C=O) groups excluding carboxylic acids is 1. The number of rotatable bonds is 5. The van der Waals surface area contributed by atoms with Crippen molar-refractivity contribution >= 4 is 5.91 Å². The summed E-state index contributed by atoms with van der Waals surface area (Å²) in [6.45, 7) is 0.247. The maximum absolute atomic E-state index is 11.9. The number of phenols is 1. The van der Waals surface area contributed by atoms with Crippen molar-refractivity contribution in [3.8, 4) is 11.5 Å². The van der Waals surface area contributed by atoms with Crippen LogP contribution < -0.4 is 10.2 Å².